The Bertz CT molecular complexity index is 1360. The summed E-state index contributed by atoms with van der Waals surface area (Å²) in [5.74, 6) is -0.0632. The Hall–Kier alpha value is -2.53. The monoisotopic (exact) mass is 613 g/mol. The molecule has 43 heavy (non-hydrogen) atoms. The number of methoxy groups -OCH3 is 1. The maximum atomic E-state index is 13.8. The Balaban J connectivity index is 1.42. The van der Waals surface area contributed by atoms with Gasteiger partial charge in [-0.05, 0) is 54.7 Å². The van der Waals surface area contributed by atoms with Crippen LogP contribution in [-0.2, 0) is 33.1 Å². The smallest absolute Gasteiger partial charge is 0.272 e. The summed E-state index contributed by atoms with van der Waals surface area (Å²) < 4.78 is 31.4. The Morgan fingerprint density at radius 2 is 1.77 bits per heavy atom. The van der Waals surface area contributed by atoms with E-state index < -0.39 is 10.0 Å². The first-order chi connectivity index (χ1) is 20.2. The number of likely N-dealkylation sites (tertiary alicyclic amines) is 2. The van der Waals surface area contributed by atoms with Gasteiger partial charge in [-0.3, -0.25) is 14.7 Å². The van der Waals surface area contributed by atoms with E-state index in [1.807, 2.05) is 18.0 Å². The van der Waals surface area contributed by atoms with E-state index in [1.165, 1.54) is 21.7 Å². The second-order valence-electron chi connectivity index (χ2n) is 13.2. The maximum Gasteiger partial charge on any atom is 0.272 e. The molecule has 2 aliphatic heterocycles. The van der Waals surface area contributed by atoms with Crippen molar-refractivity contribution in [1.82, 2.24) is 19.1 Å². The molecule has 2 unspecified atom stereocenters. The number of sulfonamides is 1. The van der Waals surface area contributed by atoms with Crippen LogP contribution in [0.4, 0.5) is 5.69 Å². The molecule has 0 bridgehead atoms. The normalized spacial score (nSPS) is 20.9. The molecule has 1 N–H and O–H groups in total. The second-order valence-corrected chi connectivity index (χ2v) is 15.3. The van der Waals surface area contributed by atoms with Crippen LogP contribution in [0.25, 0.3) is 0 Å². The molecule has 0 aliphatic carbocycles. The summed E-state index contributed by atoms with van der Waals surface area (Å²) in [6.45, 7) is 14.2. The van der Waals surface area contributed by atoms with Crippen molar-refractivity contribution in [3.8, 4) is 0 Å². The van der Waals surface area contributed by atoms with Crippen molar-refractivity contribution in [2.24, 2.45) is 0 Å². The zero-order valence-electron chi connectivity index (χ0n) is 27.3. The van der Waals surface area contributed by atoms with E-state index in [-0.39, 0.29) is 29.5 Å². The van der Waals surface area contributed by atoms with Gasteiger partial charge in [0, 0.05) is 76.4 Å². The number of carbonyl (C=O) groups excluding carboxylic acids is 1. The highest BCUT2D eigenvalue weighted by Crippen LogP contribution is 2.29. The molecule has 1 aromatic heterocycles. The van der Waals surface area contributed by atoms with Gasteiger partial charge in [-0.25, -0.2) is 12.7 Å². The van der Waals surface area contributed by atoms with E-state index in [9.17, 15) is 13.2 Å². The molecule has 0 radical (unpaired) electrons. The van der Waals surface area contributed by atoms with Gasteiger partial charge in [0.2, 0.25) is 10.0 Å². The Morgan fingerprint density at radius 1 is 1.12 bits per heavy atom. The minimum absolute atomic E-state index is 0.0275. The van der Waals surface area contributed by atoms with Gasteiger partial charge in [0.15, 0.2) is 0 Å². The van der Waals surface area contributed by atoms with Crippen molar-refractivity contribution in [1.29, 1.82) is 0 Å². The minimum atomic E-state index is -3.20. The molecule has 9 nitrogen and oxygen atoms in total. The van der Waals surface area contributed by atoms with E-state index in [1.54, 1.807) is 14.2 Å². The number of nitrogens with zero attached hydrogens (tertiary/aromatic N) is 4. The average molecular weight is 614 g/mol. The first kappa shape index (κ1) is 33.4. The molecule has 10 heteroatoms. The summed E-state index contributed by atoms with van der Waals surface area (Å²) >= 11 is 0. The van der Waals surface area contributed by atoms with Crippen molar-refractivity contribution < 1.29 is 17.9 Å². The molecule has 2 atom stereocenters. The predicted molar refractivity (Wildman–Crippen MR) is 173 cm³/mol. The zero-order valence-corrected chi connectivity index (χ0v) is 28.1. The topological polar surface area (TPSA) is 95.1 Å². The SMILES string of the molecule is CCc1cnc(C(=O)N2CCC(N3CCC(N(C)S(C)(=O)=O)CC3)C(OC)C2)c(C)c1NCc1ccc(C(C)(C)C)cc1. The van der Waals surface area contributed by atoms with Gasteiger partial charge in [-0.2, -0.15) is 0 Å². The van der Waals surface area contributed by atoms with E-state index in [2.05, 4.69) is 67.2 Å². The van der Waals surface area contributed by atoms with Crippen LogP contribution in [0.2, 0.25) is 0 Å². The quantitative estimate of drug-likeness (QED) is 0.447. The summed E-state index contributed by atoms with van der Waals surface area (Å²) in [5.41, 5.74) is 6.06. The maximum absolute atomic E-state index is 13.8. The van der Waals surface area contributed by atoms with Gasteiger partial charge in [-0.15, -0.1) is 0 Å². The van der Waals surface area contributed by atoms with Crippen molar-refractivity contribution in [3.63, 3.8) is 0 Å². The van der Waals surface area contributed by atoms with Crippen LogP contribution in [0, 0.1) is 6.92 Å². The molecular weight excluding hydrogens is 562 g/mol. The number of rotatable bonds is 9. The Morgan fingerprint density at radius 3 is 2.33 bits per heavy atom. The lowest BCUT2D eigenvalue weighted by Gasteiger charge is -2.46. The van der Waals surface area contributed by atoms with Crippen LogP contribution >= 0.6 is 0 Å². The molecule has 1 amide bonds. The summed E-state index contributed by atoms with van der Waals surface area (Å²) in [5, 5.41) is 3.61. The van der Waals surface area contributed by atoms with Crippen molar-refractivity contribution in [2.75, 3.05) is 51.9 Å². The highest BCUT2D eigenvalue weighted by atomic mass is 32.2. The van der Waals surface area contributed by atoms with E-state index in [0.717, 1.165) is 55.6 Å². The fourth-order valence-electron chi connectivity index (χ4n) is 6.45. The van der Waals surface area contributed by atoms with E-state index >= 15 is 0 Å². The third-order valence-electron chi connectivity index (χ3n) is 9.39. The number of carbonyl (C=O) groups is 1. The number of nitrogens with one attached hydrogen (secondary N) is 1. The lowest BCUT2D eigenvalue weighted by Crippen LogP contribution is -2.58. The number of hydrogen-bond acceptors (Lipinski definition) is 7. The lowest BCUT2D eigenvalue weighted by molar-refractivity contribution is -0.0408. The van der Waals surface area contributed by atoms with Crippen molar-refractivity contribution >= 4 is 21.6 Å². The lowest BCUT2D eigenvalue weighted by atomic mass is 9.87. The molecule has 4 rings (SSSR count). The van der Waals surface area contributed by atoms with Crippen molar-refractivity contribution in [2.45, 2.75) is 90.4 Å². The number of piperidine rings is 2. The number of ether oxygens (including phenoxy) is 1. The van der Waals surface area contributed by atoms with Gasteiger partial charge >= 0.3 is 0 Å². The largest absolute Gasteiger partial charge is 0.380 e. The fraction of sp³-hybridized carbons (Fsp3) is 0.636. The summed E-state index contributed by atoms with van der Waals surface area (Å²) in [4.78, 5) is 22.8. The number of hydrogen-bond donors (Lipinski definition) is 1. The van der Waals surface area contributed by atoms with Crippen LogP contribution < -0.4 is 5.32 Å². The number of aryl methyl sites for hydroxylation is 1. The summed E-state index contributed by atoms with van der Waals surface area (Å²) in [6.07, 6.45) is 6.20. The van der Waals surface area contributed by atoms with Crippen LogP contribution in [0.3, 0.4) is 0 Å². The van der Waals surface area contributed by atoms with E-state index in [4.69, 9.17) is 4.74 Å². The van der Waals surface area contributed by atoms with E-state index in [0.29, 0.717) is 25.3 Å². The molecule has 1 aromatic carbocycles. The molecule has 2 saturated heterocycles. The predicted octanol–water partition coefficient (Wildman–Crippen LogP) is 4.45. The van der Waals surface area contributed by atoms with Gasteiger partial charge < -0.3 is 15.0 Å². The van der Waals surface area contributed by atoms with Gasteiger partial charge in [0.25, 0.3) is 5.91 Å². The number of benzene rings is 1. The van der Waals surface area contributed by atoms with Crippen molar-refractivity contribution in [3.05, 3.63) is 58.4 Å². The Kier molecular flexibility index (Phi) is 10.6. The molecular formula is C33H51N5O4S. The zero-order chi connectivity index (χ0) is 31.5. The second kappa shape index (κ2) is 13.6. The number of aromatic nitrogens is 1. The van der Waals surface area contributed by atoms with Gasteiger partial charge in [0.05, 0.1) is 12.4 Å². The standard InChI is InChI=1S/C33H51N5O4S/c1-9-25-21-35-31(23(2)30(25)34-20-24-10-12-26(13-11-24)33(3,4)5)32(39)38-19-16-28(29(22-38)42-7)37-17-14-27(15-18-37)36(6)43(8,40)41/h10-13,21,27-29H,9,14-20,22H2,1-8H3,(H,34,35). The number of amides is 1. The first-order valence-corrected chi connectivity index (χ1v) is 17.4. The van der Waals surface area contributed by atoms with Crippen LogP contribution in [-0.4, -0.2) is 98.2 Å². The summed E-state index contributed by atoms with van der Waals surface area (Å²) in [6, 6.07) is 8.94. The molecule has 0 saturated carbocycles. The van der Waals surface area contributed by atoms with Gasteiger partial charge in [0.1, 0.15) is 5.69 Å². The molecule has 2 aromatic rings. The average Bonchev–Trinajstić information content (AvgIpc) is 2.98. The third-order valence-corrected chi connectivity index (χ3v) is 10.7. The number of pyridine rings is 1. The third kappa shape index (κ3) is 7.77. The molecule has 2 aliphatic rings. The van der Waals surface area contributed by atoms with Crippen LogP contribution in [0.5, 0.6) is 0 Å². The first-order valence-electron chi connectivity index (χ1n) is 15.6. The number of anilines is 1. The molecule has 3 heterocycles. The fourth-order valence-corrected chi connectivity index (χ4v) is 7.20. The molecule has 238 valence electrons. The van der Waals surface area contributed by atoms with Crippen LogP contribution in [0.15, 0.2) is 30.5 Å². The van der Waals surface area contributed by atoms with Crippen LogP contribution in [0.1, 0.15) is 79.7 Å². The Labute approximate surface area is 259 Å². The highest BCUT2D eigenvalue weighted by molar-refractivity contribution is 7.88. The van der Waals surface area contributed by atoms with Gasteiger partial charge in [-0.1, -0.05) is 52.0 Å². The molecule has 2 fully saturated rings. The minimum Gasteiger partial charge on any atom is -0.380 e. The molecule has 0 spiro atoms. The highest BCUT2D eigenvalue weighted by Gasteiger charge is 2.38. The summed E-state index contributed by atoms with van der Waals surface area (Å²) in [7, 11) is 0.183.